The Morgan fingerprint density at radius 3 is 1.84 bits per heavy atom. The average molecular weight is 478 g/mol. The van der Waals surface area contributed by atoms with Crippen molar-refractivity contribution in [3.8, 4) is 5.75 Å². The van der Waals surface area contributed by atoms with E-state index in [1.165, 1.54) is 17.6 Å². The number of rotatable bonds is 11. The highest BCUT2D eigenvalue weighted by atomic mass is 79.9. The van der Waals surface area contributed by atoms with E-state index in [9.17, 15) is 0 Å². The summed E-state index contributed by atoms with van der Waals surface area (Å²) in [6.45, 7) is 8.58. The molecule has 3 rings (SSSR count). The Morgan fingerprint density at radius 2 is 1.26 bits per heavy atom. The van der Waals surface area contributed by atoms with E-state index < -0.39 is 0 Å². The second-order valence-electron chi connectivity index (χ2n) is 7.53. The van der Waals surface area contributed by atoms with E-state index in [-0.39, 0.29) is 0 Å². The minimum atomic E-state index is 0.760. The molecule has 0 aliphatic carbocycles. The predicted octanol–water partition coefficient (Wildman–Crippen LogP) is 7.50. The van der Waals surface area contributed by atoms with Crippen LogP contribution in [0.15, 0.2) is 84.9 Å². The summed E-state index contributed by atoms with van der Waals surface area (Å²) in [7, 11) is 0. The number of unbranched alkanes of at least 4 members (excludes halogenated alkanes) is 1. The van der Waals surface area contributed by atoms with Crippen LogP contribution in [0, 0.1) is 0 Å². The molecule has 0 bridgehead atoms. The summed E-state index contributed by atoms with van der Waals surface area (Å²) in [4.78, 5) is 2.46. The summed E-state index contributed by atoms with van der Waals surface area (Å²) in [5.74, 6) is 0.926. The van der Waals surface area contributed by atoms with Gasteiger partial charge in [0.25, 0.3) is 0 Å². The predicted molar refractivity (Wildman–Crippen MR) is 137 cm³/mol. The van der Waals surface area contributed by atoms with Gasteiger partial charge < -0.3 is 9.64 Å². The highest BCUT2D eigenvalue weighted by Crippen LogP contribution is 2.36. The Bertz CT molecular complexity index is 932. The SMILES string of the molecule is CCN(CC)CCCCOc1ccc(/C(=C(\Br)c2ccccc2)c2ccccc2)cc1. The largest absolute Gasteiger partial charge is 0.494 e. The van der Waals surface area contributed by atoms with E-state index in [1.54, 1.807) is 0 Å². The highest BCUT2D eigenvalue weighted by molar-refractivity contribution is 9.15. The van der Waals surface area contributed by atoms with Gasteiger partial charge >= 0.3 is 0 Å². The van der Waals surface area contributed by atoms with Gasteiger partial charge in [0.2, 0.25) is 0 Å². The fraction of sp³-hybridized carbons (Fsp3) is 0.286. The number of hydrogen-bond donors (Lipinski definition) is 0. The van der Waals surface area contributed by atoms with Crippen LogP contribution in [0.2, 0.25) is 0 Å². The van der Waals surface area contributed by atoms with Crippen molar-refractivity contribution in [1.82, 2.24) is 4.90 Å². The van der Waals surface area contributed by atoms with Crippen LogP contribution in [0.3, 0.4) is 0 Å². The quantitative estimate of drug-likeness (QED) is 0.209. The molecule has 0 aliphatic heterocycles. The summed E-state index contributed by atoms with van der Waals surface area (Å²) < 4.78 is 7.08. The third-order valence-electron chi connectivity index (χ3n) is 5.48. The molecular formula is C28H32BrNO. The van der Waals surface area contributed by atoms with Gasteiger partial charge in [-0.3, -0.25) is 0 Å². The van der Waals surface area contributed by atoms with Crippen molar-refractivity contribution in [3.63, 3.8) is 0 Å². The zero-order chi connectivity index (χ0) is 21.9. The number of benzene rings is 3. The Kier molecular flexibility index (Phi) is 9.39. The van der Waals surface area contributed by atoms with Gasteiger partial charge in [0.15, 0.2) is 0 Å². The lowest BCUT2D eigenvalue weighted by molar-refractivity contribution is 0.266. The third kappa shape index (κ3) is 6.81. The molecule has 0 amide bonds. The van der Waals surface area contributed by atoms with E-state index in [0.717, 1.165) is 54.0 Å². The molecule has 0 heterocycles. The maximum atomic E-state index is 5.99. The molecule has 0 aliphatic rings. The molecule has 31 heavy (non-hydrogen) atoms. The molecule has 0 radical (unpaired) electrons. The second-order valence-corrected chi connectivity index (χ2v) is 8.32. The van der Waals surface area contributed by atoms with Gasteiger partial charge in [0.1, 0.15) is 5.75 Å². The van der Waals surface area contributed by atoms with Crippen molar-refractivity contribution in [2.45, 2.75) is 26.7 Å². The van der Waals surface area contributed by atoms with E-state index in [2.05, 4.69) is 114 Å². The molecule has 0 atom stereocenters. The number of hydrogen-bond acceptors (Lipinski definition) is 2. The minimum absolute atomic E-state index is 0.760. The molecule has 3 aromatic carbocycles. The standard InChI is InChI=1S/C28H32BrNO/c1-3-30(4-2)21-11-12-22-31-26-19-17-24(18-20-26)27(23-13-7-5-8-14-23)28(29)25-15-9-6-10-16-25/h5-10,13-20H,3-4,11-12,21-22H2,1-2H3/b28-27-. The lowest BCUT2D eigenvalue weighted by atomic mass is 9.95. The van der Waals surface area contributed by atoms with E-state index in [4.69, 9.17) is 4.74 Å². The maximum absolute atomic E-state index is 5.99. The molecule has 0 aromatic heterocycles. The van der Waals surface area contributed by atoms with Gasteiger partial charge in [0.05, 0.1) is 6.61 Å². The first-order valence-electron chi connectivity index (χ1n) is 11.2. The molecule has 162 valence electrons. The van der Waals surface area contributed by atoms with Gasteiger partial charge in [0, 0.05) is 10.1 Å². The Hall–Kier alpha value is -2.36. The summed E-state index contributed by atoms with van der Waals surface area (Å²) in [6, 6.07) is 29.4. The second kappa shape index (κ2) is 12.5. The molecular weight excluding hydrogens is 446 g/mol. The van der Waals surface area contributed by atoms with Crippen molar-refractivity contribution in [3.05, 3.63) is 102 Å². The van der Waals surface area contributed by atoms with Crippen LogP contribution in [0.1, 0.15) is 43.4 Å². The molecule has 3 aromatic rings. The third-order valence-corrected chi connectivity index (χ3v) is 6.34. The van der Waals surface area contributed by atoms with E-state index >= 15 is 0 Å². The molecule has 3 heteroatoms. The molecule has 0 spiro atoms. The molecule has 0 saturated heterocycles. The zero-order valence-corrected chi connectivity index (χ0v) is 20.1. The average Bonchev–Trinajstić information content (AvgIpc) is 2.83. The molecule has 2 nitrogen and oxygen atoms in total. The molecule has 0 saturated carbocycles. The molecule has 0 fully saturated rings. The summed E-state index contributed by atoms with van der Waals surface area (Å²) in [5, 5.41) is 0. The van der Waals surface area contributed by atoms with Gasteiger partial charge in [-0.2, -0.15) is 0 Å². The maximum Gasteiger partial charge on any atom is 0.119 e. The van der Waals surface area contributed by atoms with Crippen LogP contribution in [0.25, 0.3) is 10.1 Å². The van der Waals surface area contributed by atoms with Gasteiger partial charge in [-0.05, 0) is 77.2 Å². The fourth-order valence-corrected chi connectivity index (χ4v) is 4.36. The highest BCUT2D eigenvalue weighted by Gasteiger charge is 2.12. The van der Waals surface area contributed by atoms with Crippen molar-refractivity contribution in [2.75, 3.05) is 26.2 Å². The number of halogens is 1. The summed E-state index contributed by atoms with van der Waals surface area (Å²) in [6.07, 6.45) is 2.25. The van der Waals surface area contributed by atoms with Crippen LogP contribution in [0.4, 0.5) is 0 Å². The van der Waals surface area contributed by atoms with E-state index in [1.807, 2.05) is 6.07 Å². The Morgan fingerprint density at radius 1 is 0.710 bits per heavy atom. The smallest absolute Gasteiger partial charge is 0.119 e. The van der Waals surface area contributed by atoms with Crippen LogP contribution < -0.4 is 4.74 Å². The van der Waals surface area contributed by atoms with Crippen LogP contribution in [0.5, 0.6) is 5.75 Å². The monoisotopic (exact) mass is 477 g/mol. The van der Waals surface area contributed by atoms with Crippen LogP contribution in [-0.4, -0.2) is 31.1 Å². The van der Waals surface area contributed by atoms with Crippen molar-refractivity contribution in [1.29, 1.82) is 0 Å². The van der Waals surface area contributed by atoms with Crippen molar-refractivity contribution < 1.29 is 4.74 Å². The van der Waals surface area contributed by atoms with Gasteiger partial charge in [-0.1, -0.05) is 86.6 Å². The topological polar surface area (TPSA) is 12.5 Å². The first-order chi connectivity index (χ1) is 15.2. The first-order valence-corrected chi connectivity index (χ1v) is 12.0. The Balaban J connectivity index is 1.72. The number of nitrogens with zero attached hydrogens (tertiary/aromatic N) is 1. The fourth-order valence-electron chi connectivity index (χ4n) is 3.64. The van der Waals surface area contributed by atoms with Gasteiger partial charge in [-0.15, -0.1) is 0 Å². The lowest BCUT2D eigenvalue weighted by Gasteiger charge is -2.17. The van der Waals surface area contributed by atoms with Crippen LogP contribution in [-0.2, 0) is 0 Å². The molecule has 0 unspecified atom stereocenters. The normalized spacial score (nSPS) is 12.0. The first kappa shape index (κ1) is 23.3. The van der Waals surface area contributed by atoms with Crippen molar-refractivity contribution in [2.24, 2.45) is 0 Å². The lowest BCUT2D eigenvalue weighted by Crippen LogP contribution is -2.24. The summed E-state index contributed by atoms with van der Waals surface area (Å²) in [5.41, 5.74) is 4.69. The zero-order valence-electron chi connectivity index (χ0n) is 18.6. The van der Waals surface area contributed by atoms with E-state index in [0.29, 0.717) is 0 Å². The Labute approximate surface area is 195 Å². The number of ether oxygens (including phenoxy) is 1. The van der Waals surface area contributed by atoms with Crippen LogP contribution >= 0.6 is 15.9 Å². The summed E-state index contributed by atoms with van der Waals surface area (Å²) >= 11 is 3.87. The molecule has 0 N–H and O–H groups in total. The van der Waals surface area contributed by atoms with Crippen molar-refractivity contribution >= 4 is 26.0 Å². The minimum Gasteiger partial charge on any atom is -0.494 e. The van der Waals surface area contributed by atoms with Gasteiger partial charge in [-0.25, -0.2) is 0 Å².